The molecule has 1 aliphatic rings. The highest BCUT2D eigenvalue weighted by atomic mass is 16.7. The lowest BCUT2D eigenvalue weighted by Crippen LogP contribution is -2.45. The number of likely N-dealkylation sites (N-methyl/N-ethyl adjacent to an activating group) is 2. The van der Waals surface area contributed by atoms with E-state index >= 15 is 0 Å². The Morgan fingerprint density at radius 3 is 2.25 bits per heavy atom. The van der Waals surface area contributed by atoms with Crippen LogP contribution in [0, 0.1) is 6.92 Å². The number of anilines is 2. The standard InChI is InChI=1S/C31H44N6O7.C2H6.CH2O/c1-5-9-26(31(43)44-32)37-18-22-20(30(37)42)11-7-13-24(22)35-28(40)16-27(39)34-23-12-6-10-19(2)21(23)17-36(4)25(14-8-15-38)29(41)33-3;2*1-2/h6-7,10-13,25-26,31,38,43H,5,8-9,14-18,32H2,1-4H3,(H,33,41)(H,34,39)(H,35,40);1-2H3;1H2. The number of amides is 4. The largest absolute Gasteiger partial charge is 0.396 e. The minimum Gasteiger partial charge on any atom is -0.396 e. The predicted octanol–water partition coefficient (Wildman–Crippen LogP) is 2.46. The van der Waals surface area contributed by atoms with Crippen molar-refractivity contribution >= 4 is 41.8 Å². The summed E-state index contributed by atoms with van der Waals surface area (Å²) in [5.74, 6) is 3.63. The molecule has 2 aromatic carbocycles. The summed E-state index contributed by atoms with van der Waals surface area (Å²) < 4.78 is 0. The lowest BCUT2D eigenvalue weighted by molar-refractivity contribution is -0.142. The van der Waals surface area contributed by atoms with Crippen LogP contribution in [0.15, 0.2) is 36.4 Å². The van der Waals surface area contributed by atoms with Crippen molar-refractivity contribution < 1.29 is 39.0 Å². The number of carbonyl (C=O) groups excluding carboxylic acids is 5. The summed E-state index contributed by atoms with van der Waals surface area (Å²) in [4.78, 5) is 67.6. The van der Waals surface area contributed by atoms with E-state index in [2.05, 4.69) is 20.8 Å². The van der Waals surface area contributed by atoms with Crippen LogP contribution in [0.2, 0.25) is 0 Å². The number of nitrogens with one attached hydrogen (secondary N) is 3. The van der Waals surface area contributed by atoms with Gasteiger partial charge < -0.3 is 35.9 Å². The number of hydrogen-bond donors (Lipinski definition) is 6. The fraction of sp³-hybridized carbons (Fsp3) is 0.500. The number of aryl methyl sites for hydroxylation is 1. The number of rotatable bonds is 16. The number of fused-ring (bicyclic) bond motifs is 1. The van der Waals surface area contributed by atoms with E-state index in [1.165, 1.54) is 4.90 Å². The highest BCUT2D eigenvalue weighted by molar-refractivity contribution is 6.09. The average molecular weight is 673 g/mol. The van der Waals surface area contributed by atoms with E-state index < -0.39 is 36.6 Å². The molecule has 0 fully saturated rings. The van der Waals surface area contributed by atoms with Gasteiger partial charge in [0.05, 0.1) is 12.1 Å². The fourth-order valence-corrected chi connectivity index (χ4v) is 5.50. The molecule has 4 amide bonds. The zero-order chi connectivity index (χ0) is 36.4. The van der Waals surface area contributed by atoms with Gasteiger partial charge in [-0.2, -0.15) is 0 Å². The van der Waals surface area contributed by atoms with Crippen molar-refractivity contribution in [2.45, 2.75) is 91.3 Å². The first-order valence-electron chi connectivity index (χ1n) is 16.0. The second kappa shape index (κ2) is 21.6. The molecule has 14 heteroatoms. The number of nitrogens with zero attached hydrogens (tertiary/aromatic N) is 2. The van der Waals surface area contributed by atoms with E-state index in [9.17, 15) is 29.4 Å². The topological polar surface area (TPSA) is 204 Å². The maximum absolute atomic E-state index is 13.1. The number of benzene rings is 2. The van der Waals surface area contributed by atoms with E-state index in [1.54, 1.807) is 44.4 Å². The molecule has 0 radical (unpaired) electrons. The summed E-state index contributed by atoms with van der Waals surface area (Å²) >= 11 is 0. The molecular weight excluding hydrogens is 620 g/mol. The van der Waals surface area contributed by atoms with E-state index in [0.29, 0.717) is 54.7 Å². The van der Waals surface area contributed by atoms with Crippen LogP contribution in [-0.4, -0.2) is 89.5 Å². The van der Waals surface area contributed by atoms with Gasteiger partial charge in [-0.3, -0.25) is 28.9 Å². The molecule has 0 saturated carbocycles. The third-order valence-corrected chi connectivity index (χ3v) is 7.85. The van der Waals surface area contributed by atoms with Crippen LogP contribution in [0.1, 0.15) is 79.9 Å². The maximum Gasteiger partial charge on any atom is 0.255 e. The molecule has 0 bridgehead atoms. The summed E-state index contributed by atoms with van der Waals surface area (Å²) in [6.07, 6.45) is 0.243. The van der Waals surface area contributed by atoms with Crippen molar-refractivity contribution in [2.75, 3.05) is 31.3 Å². The normalized spacial score (nSPS) is 13.6. The molecule has 1 heterocycles. The van der Waals surface area contributed by atoms with Gasteiger partial charge in [-0.15, -0.1) is 0 Å². The van der Waals surface area contributed by atoms with Gasteiger partial charge >= 0.3 is 0 Å². The first-order chi connectivity index (χ1) is 23.1. The molecule has 0 spiro atoms. The van der Waals surface area contributed by atoms with Gasteiger partial charge in [0.15, 0.2) is 6.29 Å². The van der Waals surface area contributed by atoms with Gasteiger partial charge in [-0.25, -0.2) is 5.90 Å². The van der Waals surface area contributed by atoms with Crippen molar-refractivity contribution in [1.29, 1.82) is 0 Å². The summed E-state index contributed by atoms with van der Waals surface area (Å²) in [5.41, 5.74) is 3.59. The zero-order valence-corrected chi connectivity index (χ0v) is 28.9. The smallest absolute Gasteiger partial charge is 0.255 e. The molecule has 0 saturated heterocycles. The third-order valence-electron chi connectivity index (χ3n) is 7.85. The Balaban J connectivity index is 0.00000277. The Labute approximate surface area is 282 Å². The number of aliphatic hydroxyl groups is 2. The summed E-state index contributed by atoms with van der Waals surface area (Å²) in [6, 6.07) is 9.25. The number of hydrogen-bond acceptors (Lipinski definition) is 10. The number of aliphatic hydroxyl groups excluding tert-OH is 2. The maximum atomic E-state index is 13.1. The molecule has 2 aromatic rings. The minimum atomic E-state index is -1.36. The van der Waals surface area contributed by atoms with Gasteiger partial charge in [0.1, 0.15) is 13.2 Å². The lowest BCUT2D eigenvalue weighted by Gasteiger charge is -2.30. The summed E-state index contributed by atoms with van der Waals surface area (Å²) in [6.45, 7) is 10.3. The van der Waals surface area contributed by atoms with Crippen molar-refractivity contribution in [3.8, 4) is 0 Å². The molecule has 14 nitrogen and oxygen atoms in total. The van der Waals surface area contributed by atoms with Crippen LogP contribution in [0.4, 0.5) is 11.4 Å². The van der Waals surface area contributed by atoms with Crippen LogP contribution in [-0.2, 0) is 37.1 Å². The van der Waals surface area contributed by atoms with Crippen molar-refractivity contribution in [3.05, 3.63) is 58.7 Å². The van der Waals surface area contributed by atoms with E-state index in [-0.39, 0.29) is 25.0 Å². The minimum absolute atomic E-state index is 0.0266. The Hall–Kier alpha value is -4.21. The van der Waals surface area contributed by atoms with Crippen molar-refractivity contribution in [2.24, 2.45) is 5.90 Å². The second-order valence-corrected chi connectivity index (χ2v) is 10.9. The average Bonchev–Trinajstić information content (AvgIpc) is 3.43. The van der Waals surface area contributed by atoms with E-state index in [1.807, 2.05) is 45.5 Å². The predicted molar refractivity (Wildman–Crippen MR) is 183 cm³/mol. The van der Waals surface area contributed by atoms with Crippen LogP contribution in [0.3, 0.4) is 0 Å². The lowest BCUT2D eigenvalue weighted by atomic mass is 10.0. The Morgan fingerprint density at radius 1 is 1.06 bits per heavy atom. The molecular formula is C34H52N6O8. The molecule has 3 unspecified atom stereocenters. The molecule has 7 N–H and O–H groups in total. The second-order valence-electron chi connectivity index (χ2n) is 10.9. The van der Waals surface area contributed by atoms with E-state index in [4.69, 9.17) is 10.7 Å². The molecule has 0 aliphatic carbocycles. The molecule has 3 atom stereocenters. The SMILES string of the molecule is C=O.CC.CCCC(C(O)ON)N1Cc2c(NC(=O)CC(=O)Nc3cccc(C)c3CN(C)C(CCCO)C(=O)NC)cccc2C1=O. The fourth-order valence-electron chi connectivity index (χ4n) is 5.50. The highest BCUT2D eigenvalue weighted by Crippen LogP contribution is 2.32. The Morgan fingerprint density at radius 2 is 1.67 bits per heavy atom. The zero-order valence-electron chi connectivity index (χ0n) is 28.9. The van der Waals surface area contributed by atoms with Crippen molar-refractivity contribution in [3.63, 3.8) is 0 Å². The van der Waals surface area contributed by atoms with E-state index in [0.717, 1.165) is 11.1 Å². The first-order valence-corrected chi connectivity index (χ1v) is 16.0. The van der Waals surface area contributed by atoms with Crippen LogP contribution in [0.25, 0.3) is 0 Å². The Kier molecular flexibility index (Phi) is 18.8. The number of nitrogens with two attached hydrogens (primary N) is 1. The van der Waals surface area contributed by atoms with Gasteiger partial charge in [-0.1, -0.05) is 45.4 Å². The third kappa shape index (κ3) is 11.2. The molecule has 1 aliphatic heterocycles. The first kappa shape index (κ1) is 41.8. The van der Waals surface area contributed by atoms with Crippen LogP contribution >= 0.6 is 0 Å². The summed E-state index contributed by atoms with van der Waals surface area (Å²) in [5, 5.41) is 27.8. The summed E-state index contributed by atoms with van der Waals surface area (Å²) in [7, 11) is 3.37. The van der Waals surface area contributed by atoms with Gasteiger partial charge in [-0.05, 0) is 62.6 Å². The highest BCUT2D eigenvalue weighted by Gasteiger charge is 2.37. The van der Waals surface area contributed by atoms with Gasteiger partial charge in [0.2, 0.25) is 17.7 Å². The molecule has 3 rings (SSSR count). The molecule has 266 valence electrons. The Bertz CT molecular complexity index is 1360. The van der Waals surface area contributed by atoms with Crippen molar-refractivity contribution in [1.82, 2.24) is 15.1 Å². The quantitative estimate of drug-likeness (QED) is 0.0873. The molecule has 48 heavy (non-hydrogen) atoms. The van der Waals surface area contributed by atoms with Gasteiger partial charge in [0, 0.05) is 49.2 Å². The monoisotopic (exact) mass is 672 g/mol. The number of carbonyl (C=O) groups is 5. The van der Waals surface area contributed by atoms with Crippen LogP contribution in [0.5, 0.6) is 0 Å². The van der Waals surface area contributed by atoms with Gasteiger partial charge in [0.25, 0.3) is 5.91 Å². The molecule has 0 aromatic heterocycles. The van der Waals surface area contributed by atoms with Crippen LogP contribution < -0.4 is 21.8 Å².